The highest BCUT2D eigenvalue weighted by molar-refractivity contribution is 4.96. The molecule has 0 aromatic carbocycles. The molecule has 0 spiro atoms. The zero-order valence-corrected chi connectivity index (χ0v) is 5.66. The Labute approximate surface area is 54.3 Å². The van der Waals surface area contributed by atoms with E-state index in [9.17, 15) is 0 Å². The highest BCUT2D eigenvalue weighted by atomic mass is 16.6. The lowest BCUT2D eigenvalue weighted by Crippen LogP contribution is -2.36. The Morgan fingerprint density at radius 1 is 1.56 bits per heavy atom. The molecule has 1 heterocycles. The molecule has 9 heavy (non-hydrogen) atoms. The zero-order chi connectivity index (χ0) is 7.07. The topological polar surface area (TPSA) is 53.0 Å². The van der Waals surface area contributed by atoms with E-state index >= 15 is 0 Å². The van der Waals surface area contributed by atoms with E-state index in [4.69, 9.17) is 14.9 Å². The Hall–Kier alpha value is -0.120. The number of aliphatic hydroxyl groups excluding tert-OH is 2. The average molecular weight is 132 g/mol. The molecule has 0 bridgehead atoms. The van der Waals surface area contributed by atoms with E-state index in [2.05, 4.69) is 0 Å². The van der Waals surface area contributed by atoms with Crippen molar-refractivity contribution in [2.24, 2.45) is 0 Å². The van der Waals surface area contributed by atoms with Gasteiger partial charge in [-0.15, -0.1) is 0 Å². The first-order valence-electron chi connectivity index (χ1n) is 3.06. The van der Waals surface area contributed by atoms with Gasteiger partial charge in [-0.2, -0.15) is 0 Å². The fraction of sp³-hybridized carbons (Fsp3) is 1.00. The third-order valence-electron chi connectivity index (χ3n) is 1.68. The van der Waals surface area contributed by atoms with Crippen LogP contribution in [0.4, 0.5) is 0 Å². The molecule has 3 nitrogen and oxygen atoms in total. The second-order valence-electron chi connectivity index (χ2n) is 2.79. The Morgan fingerprint density at radius 2 is 2.00 bits per heavy atom. The molecular weight excluding hydrogens is 120 g/mol. The molecule has 3 heteroatoms. The average Bonchev–Trinajstić information content (AvgIpc) is 2.47. The van der Waals surface area contributed by atoms with Gasteiger partial charge in [0.15, 0.2) is 0 Å². The minimum Gasteiger partial charge on any atom is -0.391 e. The monoisotopic (exact) mass is 132 g/mol. The summed E-state index contributed by atoms with van der Waals surface area (Å²) in [6.07, 6.45) is -1.44. The van der Waals surface area contributed by atoms with E-state index in [-0.39, 0.29) is 0 Å². The van der Waals surface area contributed by atoms with Gasteiger partial charge in [0.2, 0.25) is 0 Å². The summed E-state index contributed by atoms with van der Waals surface area (Å²) in [6, 6.07) is 0. The first-order valence-corrected chi connectivity index (χ1v) is 3.06. The van der Waals surface area contributed by atoms with Gasteiger partial charge in [0.05, 0.1) is 12.7 Å². The molecule has 1 saturated heterocycles. The Kier molecular flexibility index (Phi) is 1.50. The summed E-state index contributed by atoms with van der Waals surface area (Å²) in [5.41, 5.74) is -0.464. The molecule has 0 unspecified atom stereocenters. The van der Waals surface area contributed by atoms with E-state index in [0.29, 0.717) is 6.61 Å². The van der Waals surface area contributed by atoms with Gasteiger partial charge in [0, 0.05) is 0 Å². The van der Waals surface area contributed by atoms with Gasteiger partial charge in [0.1, 0.15) is 11.7 Å². The summed E-state index contributed by atoms with van der Waals surface area (Å²) < 4.78 is 4.91. The van der Waals surface area contributed by atoms with Crippen molar-refractivity contribution in [1.82, 2.24) is 0 Å². The second-order valence-corrected chi connectivity index (χ2v) is 2.79. The maximum absolute atomic E-state index is 9.15. The Morgan fingerprint density at radius 3 is 2.11 bits per heavy atom. The second kappa shape index (κ2) is 1.94. The quantitative estimate of drug-likeness (QED) is 0.499. The summed E-state index contributed by atoms with van der Waals surface area (Å²) >= 11 is 0. The van der Waals surface area contributed by atoms with Crippen molar-refractivity contribution in [3.05, 3.63) is 0 Å². The highest BCUT2D eigenvalue weighted by Gasteiger charge is 2.48. The standard InChI is InChI=1S/C6H12O3/c1-4(7)5(8)6(2)3-9-6/h4-5,7-8H,3H2,1-2H3/t4-,5+,6+/m0/s1. The van der Waals surface area contributed by atoms with Crippen LogP contribution in [0.25, 0.3) is 0 Å². The van der Waals surface area contributed by atoms with Gasteiger partial charge >= 0.3 is 0 Å². The molecule has 2 N–H and O–H groups in total. The van der Waals surface area contributed by atoms with Gasteiger partial charge in [-0.05, 0) is 13.8 Å². The van der Waals surface area contributed by atoms with E-state index < -0.39 is 17.8 Å². The van der Waals surface area contributed by atoms with Crippen LogP contribution in [0.15, 0.2) is 0 Å². The molecule has 1 fully saturated rings. The van der Waals surface area contributed by atoms with E-state index in [1.165, 1.54) is 0 Å². The molecule has 1 aliphatic rings. The molecule has 0 radical (unpaired) electrons. The number of aliphatic hydroxyl groups is 2. The summed E-state index contributed by atoms with van der Waals surface area (Å²) in [5, 5.41) is 18.0. The summed E-state index contributed by atoms with van der Waals surface area (Å²) in [5.74, 6) is 0. The maximum atomic E-state index is 9.15. The molecule has 54 valence electrons. The largest absolute Gasteiger partial charge is 0.391 e. The summed E-state index contributed by atoms with van der Waals surface area (Å²) in [6.45, 7) is 3.89. The number of hydrogen-bond donors (Lipinski definition) is 2. The highest BCUT2D eigenvalue weighted by Crippen LogP contribution is 2.31. The molecule has 0 aliphatic carbocycles. The third kappa shape index (κ3) is 1.23. The lowest BCUT2D eigenvalue weighted by molar-refractivity contribution is -0.0156. The van der Waals surface area contributed by atoms with Crippen LogP contribution < -0.4 is 0 Å². The minimum atomic E-state index is -0.738. The lowest BCUT2D eigenvalue weighted by atomic mass is 10.0. The first-order chi connectivity index (χ1) is 4.06. The molecule has 0 aromatic rings. The fourth-order valence-corrected chi connectivity index (χ4v) is 0.795. The van der Waals surface area contributed by atoms with Crippen LogP contribution in [-0.4, -0.2) is 34.6 Å². The van der Waals surface area contributed by atoms with E-state index in [0.717, 1.165) is 0 Å². The van der Waals surface area contributed by atoms with Crippen LogP contribution in [0.1, 0.15) is 13.8 Å². The molecule has 0 saturated carbocycles. The number of epoxide rings is 1. The molecular formula is C6H12O3. The van der Waals surface area contributed by atoms with E-state index in [1.54, 1.807) is 13.8 Å². The molecule has 3 atom stereocenters. The normalized spacial score (nSPS) is 40.0. The van der Waals surface area contributed by atoms with Crippen LogP contribution in [-0.2, 0) is 4.74 Å². The predicted molar refractivity (Wildman–Crippen MR) is 32.0 cm³/mol. The lowest BCUT2D eigenvalue weighted by Gasteiger charge is -2.16. The van der Waals surface area contributed by atoms with Crippen molar-refractivity contribution in [3.8, 4) is 0 Å². The number of hydrogen-bond acceptors (Lipinski definition) is 3. The van der Waals surface area contributed by atoms with Crippen LogP contribution in [0.5, 0.6) is 0 Å². The van der Waals surface area contributed by atoms with Crippen molar-refractivity contribution < 1.29 is 14.9 Å². The van der Waals surface area contributed by atoms with Crippen molar-refractivity contribution in [1.29, 1.82) is 0 Å². The van der Waals surface area contributed by atoms with Crippen molar-refractivity contribution in [2.45, 2.75) is 31.7 Å². The number of ether oxygens (including phenoxy) is 1. The van der Waals surface area contributed by atoms with Crippen LogP contribution >= 0.6 is 0 Å². The van der Waals surface area contributed by atoms with Crippen LogP contribution in [0.2, 0.25) is 0 Å². The Balaban J connectivity index is 2.42. The number of rotatable bonds is 2. The minimum absolute atomic E-state index is 0.464. The Bertz CT molecular complexity index is 107. The van der Waals surface area contributed by atoms with Crippen molar-refractivity contribution in [3.63, 3.8) is 0 Å². The van der Waals surface area contributed by atoms with Gasteiger partial charge in [-0.25, -0.2) is 0 Å². The van der Waals surface area contributed by atoms with E-state index in [1.807, 2.05) is 0 Å². The van der Waals surface area contributed by atoms with Gasteiger partial charge in [0.25, 0.3) is 0 Å². The van der Waals surface area contributed by atoms with Gasteiger partial charge in [-0.1, -0.05) is 0 Å². The van der Waals surface area contributed by atoms with Gasteiger partial charge < -0.3 is 14.9 Å². The SMILES string of the molecule is C[C@H](O)[C@@H](O)[C@@]1(C)CO1. The molecule has 0 amide bonds. The van der Waals surface area contributed by atoms with Crippen LogP contribution in [0.3, 0.4) is 0 Å². The first kappa shape index (κ1) is 6.99. The predicted octanol–water partition coefficient (Wildman–Crippen LogP) is -0.483. The molecule has 1 aliphatic heterocycles. The smallest absolute Gasteiger partial charge is 0.117 e. The maximum Gasteiger partial charge on any atom is 0.117 e. The molecule has 1 rings (SSSR count). The summed E-state index contributed by atoms with van der Waals surface area (Å²) in [7, 11) is 0. The summed E-state index contributed by atoms with van der Waals surface area (Å²) in [4.78, 5) is 0. The zero-order valence-electron chi connectivity index (χ0n) is 5.66. The fourth-order valence-electron chi connectivity index (χ4n) is 0.795. The third-order valence-corrected chi connectivity index (χ3v) is 1.68. The molecule has 0 aromatic heterocycles. The van der Waals surface area contributed by atoms with Crippen molar-refractivity contribution in [2.75, 3.05) is 6.61 Å². The van der Waals surface area contributed by atoms with Crippen molar-refractivity contribution >= 4 is 0 Å². The van der Waals surface area contributed by atoms with Crippen LogP contribution in [0, 0.1) is 0 Å². The van der Waals surface area contributed by atoms with Gasteiger partial charge in [-0.3, -0.25) is 0 Å².